The zero-order chi connectivity index (χ0) is 16.2. The topological polar surface area (TPSA) is 56.4 Å². The van der Waals surface area contributed by atoms with Crippen LogP contribution in [0.2, 0.25) is 0 Å². The summed E-state index contributed by atoms with van der Waals surface area (Å²) in [6, 6.07) is 5.77. The van der Waals surface area contributed by atoms with E-state index in [4.69, 9.17) is 9.15 Å². The molecule has 23 heavy (non-hydrogen) atoms. The van der Waals surface area contributed by atoms with Gasteiger partial charge in [-0.15, -0.1) is 0 Å². The molecule has 0 spiro atoms. The maximum Gasteiger partial charge on any atom is 0.253 e. The summed E-state index contributed by atoms with van der Waals surface area (Å²) in [5.41, 5.74) is 2.77. The lowest BCUT2D eigenvalue weighted by atomic mass is 10.0. The molecule has 5 heteroatoms. The van der Waals surface area contributed by atoms with Crippen molar-refractivity contribution in [2.24, 2.45) is 5.92 Å². The van der Waals surface area contributed by atoms with Gasteiger partial charge in [-0.1, -0.05) is 0 Å². The van der Waals surface area contributed by atoms with E-state index in [-0.39, 0.29) is 5.91 Å². The molecule has 3 heterocycles. The summed E-state index contributed by atoms with van der Waals surface area (Å²) >= 11 is 0. The lowest BCUT2D eigenvalue weighted by Crippen LogP contribution is -2.33. The maximum absolute atomic E-state index is 12.5. The number of rotatable bonds is 5. The van der Waals surface area contributed by atoms with Crippen molar-refractivity contribution >= 4 is 5.91 Å². The van der Waals surface area contributed by atoms with E-state index in [1.165, 1.54) is 0 Å². The van der Waals surface area contributed by atoms with Gasteiger partial charge >= 0.3 is 0 Å². The first-order chi connectivity index (χ1) is 11.1. The number of hydrogen-bond acceptors (Lipinski definition) is 3. The van der Waals surface area contributed by atoms with Crippen molar-refractivity contribution in [1.29, 1.82) is 0 Å². The van der Waals surface area contributed by atoms with E-state index in [1.54, 1.807) is 6.26 Å². The van der Waals surface area contributed by atoms with Gasteiger partial charge in [-0.2, -0.15) is 0 Å². The first-order valence-electron chi connectivity index (χ1n) is 8.20. The van der Waals surface area contributed by atoms with Gasteiger partial charge in [-0.3, -0.25) is 4.79 Å². The SMILES string of the molecule is Cc1cc(C(=O)NCC2CCCOC2)c(C)n1Cc1ccco1. The molecule has 2 aromatic heterocycles. The van der Waals surface area contributed by atoms with Crippen LogP contribution in [-0.4, -0.2) is 30.2 Å². The zero-order valence-electron chi connectivity index (χ0n) is 13.8. The minimum atomic E-state index is -0.00521. The second-order valence-corrected chi connectivity index (χ2v) is 6.24. The third-order valence-electron chi connectivity index (χ3n) is 4.52. The Morgan fingerprint density at radius 2 is 2.30 bits per heavy atom. The van der Waals surface area contributed by atoms with Crippen LogP contribution < -0.4 is 5.32 Å². The van der Waals surface area contributed by atoms with Crippen molar-refractivity contribution in [1.82, 2.24) is 9.88 Å². The Morgan fingerprint density at radius 3 is 3.00 bits per heavy atom. The fourth-order valence-corrected chi connectivity index (χ4v) is 3.13. The third kappa shape index (κ3) is 3.67. The van der Waals surface area contributed by atoms with Gasteiger partial charge in [0.05, 0.1) is 25.0 Å². The minimum absolute atomic E-state index is 0.00521. The highest BCUT2D eigenvalue weighted by Gasteiger charge is 2.19. The summed E-state index contributed by atoms with van der Waals surface area (Å²) in [7, 11) is 0. The molecule has 1 fully saturated rings. The number of aryl methyl sites for hydroxylation is 1. The average molecular weight is 316 g/mol. The van der Waals surface area contributed by atoms with Crippen molar-refractivity contribution in [3.05, 3.63) is 47.2 Å². The van der Waals surface area contributed by atoms with Crippen LogP contribution in [0.15, 0.2) is 28.9 Å². The van der Waals surface area contributed by atoms with Crippen LogP contribution in [0.3, 0.4) is 0 Å². The number of hydrogen-bond donors (Lipinski definition) is 1. The van der Waals surface area contributed by atoms with E-state index >= 15 is 0 Å². The standard InChI is InChI=1S/C18H24N2O3/c1-13-9-17(14(2)20(13)11-16-6-4-8-23-16)18(21)19-10-15-5-3-7-22-12-15/h4,6,8-9,15H,3,5,7,10-12H2,1-2H3,(H,19,21). The Balaban J connectivity index is 1.66. The molecule has 2 aromatic rings. The number of nitrogens with zero attached hydrogens (tertiary/aromatic N) is 1. The minimum Gasteiger partial charge on any atom is -0.467 e. The first kappa shape index (κ1) is 15.9. The van der Waals surface area contributed by atoms with Gasteiger partial charge in [0.2, 0.25) is 0 Å². The molecule has 5 nitrogen and oxygen atoms in total. The third-order valence-corrected chi connectivity index (χ3v) is 4.52. The van der Waals surface area contributed by atoms with E-state index in [1.807, 2.05) is 32.0 Å². The summed E-state index contributed by atoms with van der Waals surface area (Å²) in [6.45, 7) is 6.92. The Morgan fingerprint density at radius 1 is 1.43 bits per heavy atom. The second-order valence-electron chi connectivity index (χ2n) is 6.24. The molecule has 1 amide bonds. The van der Waals surface area contributed by atoms with Crippen LogP contribution >= 0.6 is 0 Å². The molecule has 0 aromatic carbocycles. The van der Waals surface area contributed by atoms with Crippen molar-refractivity contribution in [3.63, 3.8) is 0 Å². The predicted molar refractivity (Wildman–Crippen MR) is 87.6 cm³/mol. The number of furan rings is 1. The molecule has 1 aliphatic rings. The predicted octanol–water partition coefficient (Wildman–Crippen LogP) is 2.90. The number of amides is 1. The Bertz CT molecular complexity index is 652. The molecule has 1 atom stereocenters. The van der Waals surface area contributed by atoms with E-state index in [9.17, 15) is 4.79 Å². The van der Waals surface area contributed by atoms with Gasteiger partial charge in [0.1, 0.15) is 5.76 Å². The summed E-state index contributed by atoms with van der Waals surface area (Å²) < 4.78 is 13.0. The van der Waals surface area contributed by atoms with E-state index < -0.39 is 0 Å². The monoisotopic (exact) mass is 316 g/mol. The smallest absolute Gasteiger partial charge is 0.253 e. The Hall–Kier alpha value is -2.01. The highest BCUT2D eigenvalue weighted by atomic mass is 16.5. The van der Waals surface area contributed by atoms with E-state index in [0.29, 0.717) is 19.0 Å². The average Bonchev–Trinajstić information content (AvgIpc) is 3.17. The van der Waals surface area contributed by atoms with Crippen molar-refractivity contribution < 1.29 is 13.9 Å². The first-order valence-corrected chi connectivity index (χ1v) is 8.20. The highest BCUT2D eigenvalue weighted by Crippen LogP contribution is 2.18. The Labute approximate surface area is 136 Å². The van der Waals surface area contributed by atoms with Crippen LogP contribution in [0.1, 0.15) is 40.3 Å². The van der Waals surface area contributed by atoms with Crippen molar-refractivity contribution in [2.45, 2.75) is 33.2 Å². The molecular weight excluding hydrogens is 292 g/mol. The quantitative estimate of drug-likeness (QED) is 0.923. The molecule has 1 unspecified atom stereocenters. The van der Waals surface area contributed by atoms with Crippen molar-refractivity contribution in [2.75, 3.05) is 19.8 Å². The van der Waals surface area contributed by atoms with Crippen molar-refractivity contribution in [3.8, 4) is 0 Å². The summed E-state index contributed by atoms with van der Waals surface area (Å²) in [4.78, 5) is 12.5. The number of carbonyl (C=O) groups is 1. The van der Waals surface area contributed by atoms with Gasteiger partial charge in [-0.05, 0) is 50.8 Å². The molecule has 3 rings (SSSR count). The highest BCUT2D eigenvalue weighted by molar-refractivity contribution is 5.95. The van der Waals surface area contributed by atoms with Crippen LogP contribution in [-0.2, 0) is 11.3 Å². The molecule has 1 saturated heterocycles. The molecule has 0 bridgehead atoms. The van der Waals surface area contributed by atoms with Crippen LogP contribution in [0.4, 0.5) is 0 Å². The van der Waals surface area contributed by atoms with E-state index in [0.717, 1.165) is 48.8 Å². The van der Waals surface area contributed by atoms with Gasteiger partial charge < -0.3 is 19.0 Å². The number of aromatic nitrogens is 1. The largest absolute Gasteiger partial charge is 0.467 e. The lowest BCUT2D eigenvalue weighted by molar-refractivity contribution is 0.0536. The molecule has 0 aliphatic carbocycles. The van der Waals surface area contributed by atoms with Gasteiger partial charge in [0, 0.05) is 24.5 Å². The normalized spacial score (nSPS) is 18.1. The van der Waals surface area contributed by atoms with Crippen LogP contribution in [0.5, 0.6) is 0 Å². The molecule has 1 aliphatic heterocycles. The van der Waals surface area contributed by atoms with Gasteiger partial charge in [0.15, 0.2) is 0 Å². The number of nitrogens with one attached hydrogen (secondary N) is 1. The Kier molecular flexibility index (Phi) is 4.86. The number of carbonyl (C=O) groups excluding carboxylic acids is 1. The summed E-state index contributed by atoms with van der Waals surface area (Å²) in [5.74, 6) is 1.31. The second kappa shape index (κ2) is 7.04. The molecule has 0 radical (unpaired) electrons. The van der Waals surface area contributed by atoms with Crippen LogP contribution in [0.25, 0.3) is 0 Å². The summed E-state index contributed by atoms with van der Waals surface area (Å²) in [5, 5.41) is 3.05. The van der Waals surface area contributed by atoms with Crippen LogP contribution in [0, 0.1) is 19.8 Å². The van der Waals surface area contributed by atoms with E-state index in [2.05, 4.69) is 9.88 Å². The maximum atomic E-state index is 12.5. The summed E-state index contributed by atoms with van der Waals surface area (Å²) in [6.07, 6.45) is 3.87. The lowest BCUT2D eigenvalue weighted by Gasteiger charge is -2.22. The fraction of sp³-hybridized carbons (Fsp3) is 0.500. The fourth-order valence-electron chi connectivity index (χ4n) is 3.13. The van der Waals surface area contributed by atoms with Gasteiger partial charge in [0.25, 0.3) is 5.91 Å². The molecule has 124 valence electrons. The number of ether oxygens (including phenoxy) is 1. The zero-order valence-corrected chi connectivity index (χ0v) is 13.8. The molecule has 1 N–H and O–H groups in total. The van der Waals surface area contributed by atoms with Gasteiger partial charge in [-0.25, -0.2) is 0 Å². The molecular formula is C18H24N2O3. The molecule has 0 saturated carbocycles.